The van der Waals surface area contributed by atoms with Gasteiger partial charge in [0.1, 0.15) is 5.75 Å². The number of phenols is 1. The third kappa shape index (κ3) is 2.50. The first-order chi connectivity index (χ1) is 8.40. The summed E-state index contributed by atoms with van der Waals surface area (Å²) in [6.07, 6.45) is 1.47. The summed E-state index contributed by atoms with van der Waals surface area (Å²) in [5.74, 6) is -0.331. The summed E-state index contributed by atoms with van der Waals surface area (Å²) in [7, 11) is 1.42. The Hall–Kier alpha value is -0.730. The number of halogens is 2. The van der Waals surface area contributed by atoms with Crippen molar-refractivity contribution in [2.75, 3.05) is 7.05 Å². The van der Waals surface area contributed by atoms with E-state index in [-0.39, 0.29) is 21.8 Å². The normalized spacial score (nSPS) is 17.9. The van der Waals surface area contributed by atoms with Crippen LogP contribution in [0.15, 0.2) is 17.0 Å². The van der Waals surface area contributed by atoms with Gasteiger partial charge < -0.3 is 5.11 Å². The third-order valence-electron chi connectivity index (χ3n) is 2.33. The van der Waals surface area contributed by atoms with E-state index in [9.17, 15) is 14.7 Å². The number of phenolic OH excluding ortho intramolecular Hbond substituents is 1. The first-order valence-corrected chi connectivity index (χ1v) is 7.07. The highest BCUT2D eigenvalue weighted by Gasteiger charge is 2.32. The van der Waals surface area contributed by atoms with Gasteiger partial charge in [-0.2, -0.15) is 0 Å². The van der Waals surface area contributed by atoms with Gasteiger partial charge in [-0.25, -0.2) is 0 Å². The van der Waals surface area contributed by atoms with Crippen LogP contribution in [0, 0.1) is 3.57 Å². The standard InChI is InChI=1S/C11H7ClINO3S/c1-14-10(16)8(18-11(14)17)3-5-2-6(12)4-7(13)9(5)15/h2-4,15H,1H3/b8-3-. The van der Waals surface area contributed by atoms with Gasteiger partial charge in [0.05, 0.1) is 8.48 Å². The van der Waals surface area contributed by atoms with Crippen LogP contribution in [0.25, 0.3) is 6.08 Å². The minimum atomic E-state index is -0.376. The molecule has 0 aliphatic carbocycles. The predicted octanol–water partition coefficient (Wildman–Crippen LogP) is 3.32. The highest BCUT2D eigenvalue weighted by molar-refractivity contribution is 14.1. The smallest absolute Gasteiger partial charge is 0.293 e. The van der Waals surface area contributed by atoms with Crippen molar-refractivity contribution in [1.29, 1.82) is 0 Å². The van der Waals surface area contributed by atoms with E-state index in [0.29, 0.717) is 14.2 Å². The van der Waals surface area contributed by atoms with Crippen molar-refractivity contribution >= 4 is 63.2 Å². The number of rotatable bonds is 1. The van der Waals surface area contributed by atoms with E-state index >= 15 is 0 Å². The molecule has 1 aromatic carbocycles. The number of aromatic hydroxyl groups is 1. The quantitative estimate of drug-likeness (QED) is 0.585. The van der Waals surface area contributed by atoms with Gasteiger partial charge in [0.25, 0.3) is 11.1 Å². The van der Waals surface area contributed by atoms with Gasteiger partial charge in [0.2, 0.25) is 0 Å². The van der Waals surface area contributed by atoms with Crippen LogP contribution in [0.1, 0.15) is 5.56 Å². The second-order valence-electron chi connectivity index (χ2n) is 3.57. The largest absolute Gasteiger partial charge is 0.506 e. The molecule has 0 spiro atoms. The van der Waals surface area contributed by atoms with Gasteiger partial charge in [-0.05, 0) is 52.6 Å². The van der Waals surface area contributed by atoms with Crippen LogP contribution in [-0.2, 0) is 4.79 Å². The SMILES string of the molecule is CN1C(=O)S/C(=C\c2cc(Cl)cc(I)c2O)C1=O. The van der Waals surface area contributed by atoms with Gasteiger partial charge in [-0.3, -0.25) is 14.5 Å². The maximum absolute atomic E-state index is 11.7. The van der Waals surface area contributed by atoms with Crippen LogP contribution in [0.5, 0.6) is 5.75 Å². The summed E-state index contributed by atoms with van der Waals surface area (Å²) in [6, 6.07) is 3.16. The Kier molecular flexibility index (Phi) is 3.88. The summed E-state index contributed by atoms with van der Waals surface area (Å²) >= 11 is 8.67. The van der Waals surface area contributed by atoms with Gasteiger partial charge in [0, 0.05) is 17.6 Å². The van der Waals surface area contributed by atoms with E-state index in [4.69, 9.17) is 11.6 Å². The monoisotopic (exact) mass is 395 g/mol. The number of hydrogen-bond donors (Lipinski definition) is 1. The minimum absolute atomic E-state index is 0.0444. The Morgan fingerprint density at radius 2 is 2.11 bits per heavy atom. The second-order valence-corrected chi connectivity index (χ2v) is 6.16. The van der Waals surface area contributed by atoms with Crippen molar-refractivity contribution < 1.29 is 14.7 Å². The molecule has 18 heavy (non-hydrogen) atoms. The van der Waals surface area contributed by atoms with Crippen molar-refractivity contribution in [2.45, 2.75) is 0 Å². The number of hydrogen-bond acceptors (Lipinski definition) is 4. The fraction of sp³-hybridized carbons (Fsp3) is 0.0909. The summed E-state index contributed by atoms with van der Waals surface area (Å²) < 4.78 is 0.585. The predicted molar refractivity (Wildman–Crippen MR) is 79.6 cm³/mol. The minimum Gasteiger partial charge on any atom is -0.506 e. The van der Waals surface area contributed by atoms with E-state index in [0.717, 1.165) is 16.7 Å². The number of nitrogens with zero attached hydrogens (tertiary/aromatic N) is 1. The lowest BCUT2D eigenvalue weighted by molar-refractivity contribution is -0.121. The van der Waals surface area contributed by atoms with Crippen molar-refractivity contribution in [3.63, 3.8) is 0 Å². The maximum Gasteiger partial charge on any atom is 0.293 e. The number of benzene rings is 1. The number of carbonyl (C=O) groups is 2. The number of amides is 2. The Morgan fingerprint density at radius 1 is 1.44 bits per heavy atom. The molecular formula is C11H7ClINO3S. The van der Waals surface area contributed by atoms with Crippen LogP contribution in [-0.4, -0.2) is 28.2 Å². The molecule has 4 nitrogen and oxygen atoms in total. The maximum atomic E-state index is 11.7. The highest BCUT2D eigenvalue weighted by atomic mass is 127. The molecule has 2 amide bonds. The zero-order valence-corrected chi connectivity index (χ0v) is 12.8. The summed E-state index contributed by atoms with van der Waals surface area (Å²) in [4.78, 5) is 24.3. The lowest BCUT2D eigenvalue weighted by atomic mass is 10.2. The number of carbonyl (C=O) groups excluding carboxylic acids is 2. The molecule has 0 radical (unpaired) electrons. The van der Waals surface area contributed by atoms with Crippen LogP contribution < -0.4 is 0 Å². The Bertz CT molecular complexity index is 588. The Labute approximate surface area is 126 Å². The molecule has 0 saturated carbocycles. The Morgan fingerprint density at radius 3 is 2.67 bits per heavy atom. The summed E-state index contributed by atoms with van der Waals surface area (Å²) in [5, 5.41) is 10.00. The topological polar surface area (TPSA) is 57.6 Å². The molecule has 1 N–H and O–H groups in total. The zero-order chi connectivity index (χ0) is 13.4. The third-order valence-corrected chi connectivity index (χ3v) is 4.33. The summed E-state index contributed by atoms with van der Waals surface area (Å²) in [6.45, 7) is 0. The molecule has 1 aromatic rings. The second kappa shape index (κ2) is 5.10. The molecule has 2 rings (SSSR count). The molecule has 1 heterocycles. The molecule has 0 atom stereocenters. The van der Waals surface area contributed by atoms with E-state index in [1.807, 2.05) is 22.6 Å². The van der Waals surface area contributed by atoms with Gasteiger partial charge in [0.15, 0.2) is 0 Å². The number of thioether (sulfide) groups is 1. The van der Waals surface area contributed by atoms with Crippen molar-refractivity contribution in [1.82, 2.24) is 4.90 Å². The Balaban J connectivity index is 2.46. The van der Waals surface area contributed by atoms with Crippen LogP contribution in [0.4, 0.5) is 4.79 Å². The number of imide groups is 1. The van der Waals surface area contributed by atoms with Crippen LogP contribution >= 0.6 is 46.0 Å². The van der Waals surface area contributed by atoms with Crippen LogP contribution in [0.3, 0.4) is 0 Å². The fourth-order valence-electron chi connectivity index (χ4n) is 1.38. The van der Waals surface area contributed by atoms with Crippen molar-refractivity contribution in [2.24, 2.45) is 0 Å². The molecule has 1 aliphatic heterocycles. The van der Waals surface area contributed by atoms with E-state index < -0.39 is 0 Å². The molecule has 0 aromatic heterocycles. The molecular weight excluding hydrogens is 389 g/mol. The van der Waals surface area contributed by atoms with E-state index in [1.165, 1.54) is 13.1 Å². The first-order valence-electron chi connectivity index (χ1n) is 4.79. The average Bonchev–Trinajstić information content (AvgIpc) is 2.53. The highest BCUT2D eigenvalue weighted by Crippen LogP contribution is 2.35. The molecule has 0 unspecified atom stereocenters. The molecule has 1 fully saturated rings. The average molecular weight is 396 g/mol. The molecule has 94 valence electrons. The molecule has 1 aliphatic rings. The van der Waals surface area contributed by atoms with E-state index in [2.05, 4.69) is 0 Å². The van der Waals surface area contributed by atoms with E-state index in [1.54, 1.807) is 12.1 Å². The first kappa shape index (κ1) is 13.7. The fourth-order valence-corrected chi connectivity index (χ4v) is 3.26. The number of likely N-dealkylation sites (N-methyl/N-ethyl adjacent to an activating group) is 1. The van der Waals surface area contributed by atoms with Gasteiger partial charge in [-0.1, -0.05) is 11.6 Å². The van der Waals surface area contributed by atoms with Crippen LogP contribution in [0.2, 0.25) is 5.02 Å². The van der Waals surface area contributed by atoms with Gasteiger partial charge in [-0.15, -0.1) is 0 Å². The summed E-state index contributed by atoms with van der Waals surface area (Å²) in [5.41, 5.74) is 0.422. The molecule has 1 saturated heterocycles. The van der Waals surface area contributed by atoms with Crippen molar-refractivity contribution in [3.05, 3.63) is 31.2 Å². The van der Waals surface area contributed by atoms with Gasteiger partial charge >= 0.3 is 0 Å². The molecule has 7 heteroatoms. The lowest BCUT2D eigenvalue weighted by Crippen LogP contribution is -2.22. The molecule has 0 bridgehead atoms. The lowest BCUT2D eigenvalue weighted by Gasteiger charge is -2.04. The zero-order valence-electron chi connectivity index (χ0n) is 9.11. The van der Waals surface area contributed by atoms with Crippen molar-refractivity contribution in [3.8, 4) is 5.75 Å².